The number of rotatable bonds is 6. The van der Waals surface area contributed by atoms with E-state index < -0.39 is 0 Å². The van der Waals surface area contributed by atoms with Gasteiger partial charge in [0.1, 0.15) is 17.5 Å². The Morgan fingerprint density at radius 1 is 0.800 bits per heavy atom. The van der Waals surface area contributed by atoms with Gasteiger partial charge >= 0.3 is 0 Å². The van der Waals surface area contributed by atoms with Gasteiger partial charge in [0.2, 0.25) is 0 Å². The first-order valence-electron chi connectivity index (χ1n) is 8.57. The number of anilines is 3. The van der Waals surface area contributed by atoms with E-state index in [9.17, 15) is 0 Å². The van der Waals surface area contributed by atoms with Crippen LogP contribution in [0.1, 0.15) is 22.5 Å². The topological polar surface area (TPSA) is 49.8 Å². The van der Waals surface area contributed by atoms with Gasteiger partial charge in [-0.3, -0.25) is 0 Å². The van der Waals surface area contributed by atoms with Gasteiger partial charge in [-0.1, -0.05) is 36.4 Å². The molecule has 0 aliphatic rings. The van der Waals surface area contributed by atoms with Gasteiger partial charge in [-0.05, 0) is 56.0 Å². The lowest BCUT2D eigenvalue weighted by atomic mass is 10.1. The zero-order valence-electron chi connectivity index (χ0n) is 15.0. The van der Waals surface area contributed by atoms with Crippen LogP contribution in [0.5, 0.6) is 0 Å². The normalized spacial score (nSPS) is 10.5. The molecule has 0 radical (unpaired) electrons. The summed E-state index contributed by atoms with van der Waals surface area (Å²) in [5.41, 5.74) is 4.82. The summed E-state index contributed by atoms with van der Waals surface area (Å²) < 4.78 is 0. The second-order valence-electron chi connectivity index (χ2n) is 6.35. The molecule has 4 nitrogen and oxygen atoms in total. The molecule has 0 saturated carbocycles. The summed E-state index contributed by atoms with van der Waals surface area (Å²) >= 11 is 0. The lowest BCUT2D eigenvalue weighted by molar-refractivity contribution is 0.983. The lowest BCUT2D eigenvalue weighted by Crippen LogP contribution is -2.08. The summed E-state index contributed by atoms with van der Waals surface area (Å²) in [7, 11) is 0. The molecule has 3 rings (SSSR count). The van der Waals surface area contributed by atoms with Crippen LogP contribution in [0.25, 0.3) is 0 Å². The Morgan fingerprint density at radius 2 is 1.48 bits per heavy atom. The van der Waals surface area contributed by atoms with Crippen LogP contribution in [0.2, 0.25) is 0 Å². The van der Waals surface area contributed by atoms with Crippen LogP contribution in [0, 0.1) is 20.8 Å². The molecule has 0 spiro atoms. The van der Waals surface area contributed by atoms with Crippen molar-refractivity contribution in [3.8, 4) is 0 Å². The Labute approximate surface area is 149 Å². The van der Waals surface area contributed by atoms with E-state index in [1.54, 1.807) is 0 Å². The van der Waals surface area contributed by atoms with Gasteiger partial charge in [-0.15, -0.1) is 0 Å². The summed E-state index contributed by atoms with van der Waals surface area (Å²) in [6.07, 6.45) is 0.962. The van der Waals surface area contributed by atoms with Crippen molar-refractivity contribution in [3.63, 3.8) is 0 Å². The summed E-state index contributed by atoms with van der Waals surface area (Å²) in [6, 6.07) is 18.8. The van der Waals surface area contributed by atoms with Gasteiger partial charge in [-0.25, -0.2) is 9.97 Å². The molecule has 1 heterocycles. The van der Waals surface area contributed by atoms with E-state index in [1.165, 1.54) is 16.7 Å². The SMILES string of the molecule is Cc1cc(C)cc(Nc2cc(NCCc3ccccc3)nc(C)n2)c1. The second-order valence-corrected chi connectivity index (χ2v) is 6.35. The average molecular weight is 332 g/mol. The molecule has 3 aromatic rings. The van der Waals surface area contributed by atoms with Crippen molar-refractivity contribution in [3.05, 3.63) is 77.1 Å². The first kappa shape index (κ1) is 17.0. The van der Waals surface area contributed by atoms with Gasteiger partial charge in [0.15, 0.2) is 0 Å². The maximum Gasteiger partial charge on any atom is 0.136 e. The summed E-state index contributed by atoms with van der Waals surface area (Å²) in [5, 5.41) is 6.78. The minimum Gasteiger partial charge on any atom is -0.370 e. The van der Waals surface area contributed by atoms with Gasteiger partial charge in [0.05, 0.1) is 0 Å². The summed E-state index contributed by atoms with van der Waals surface area (Å²) in [4.78, 5) is 8.97. The van der Waals surface area contributed by atoms with Gasteiger partial charge in [0, 0.05) is 18.3 Å². The third kappa shape index (κ3) is 5.05. The molecule has 0 saturated heterocycles. The molecule has 128 valence electrons. The van der Waals surface area contributed by atoms with Gasteiger partial charge in [0.25, 0.3) is 0 Å². The predicted octanol–water partition coefficient (Wildman–Crippen LogP) is 4.80. The monoisotopic (exact) mass is 332 g/mol. The fourth-order valence-electron chi connectivity index (χ4n) is 2.90. The third-order valence-electron chi connectivity index (χ3n) is 3.89. The van der Waals surface area contributed by atoms with E-state index in [1.807, 2.05) is 19.1 Å². The average Bonchev–Trinajstić information content (AvgIpc) is 2.54. The first-order chi connectivity index (χ1) is 12.1. The molecule has 0 atom stereocenters. The Morgan fingerprint density at radius 3 is 2.20 bits per heavy atom. The van der Waals surface area contributed by atoms with E-state index in [0.29, 0.717) is 0 Å². The number of nitrogens with zero attached hydrogens (tertiary/aromatic N) is 2. The van der Waals surface area contributed by atoms with Gasteiger partial charge < -0.3 is 10.6 Å². The van der Waals surface area contributed by atoms with Crippen molar-refractivity contribution in [1.82, 2.24) is 9.97 Å². The molecule has 2 aromatic carbocycles. The quantitative estimate of drug-likeness (QED) is 0.681. The van der Waals surface area contributed by atoms with E-state index in [4.69, 9.17) is 0 Å². The maximum absolute atomic E-state index is 4.49. The van der Waals surface area contributed by atoms with E-state index in [0.717, 1.165) is 36.1 Å². The van der Waals surface area contributed by atoms with Crippen molar-refractivity contribution in [1.29, 1.82) is 0 Å². The number of nitrogens with one attached hydrogen (secondary N) is 2. The largest absolute Gasteiger partial charge is 0.370 e. The Balaban J connectivity index is 1.67. The molecule has 2 N–H and O–H groups in total. The fraction of sp³-hybridized carbons (Fsp3) is 0.238. The Kier molecular flexibility index (Phi) is 5.29. The van der Waals surface area contributed by atoms with Crippen LogP contribution in [0.3, 0.4) is 0 Å². The minimum atomic E-state index is 0.747. The highest BCUT2D eigenvalue weighted by Crippen LogP contribution is 2.20. The van der Waals surface area contributed by atoms with Crippen LogP contribution in [0.15, 0.2) is 54.6 Å². The number of hydrogen-bond acceptors (Lipinski definition) is 4. The van der Waals surface area contributed by atoms with Crippen LogP contribution >= 0.6 is 0 Å². The molecular formula is C21H24N4. The van der Waals surface area contributed by atoms with Crippen molar-refractivity contribution in [2.75, 3.05) is 17.2 Å². The third-order valence-corrected chi connectivity index (χ3v) is 3.89. The zero-order valence-corrected chi connectivity index (χ0v) is 15.0. The fourth-order valence-corrected chi connectivity index (χ4v) is 2.90. The molecule has 0 aliphatic carbocycles. The highest BCUT2D eigenvalue weighted by molar-refractivity contribution is 5.60. The molecular weight excluding hydrogens is 308 g/mol. The molecule has 0 unspecified atom stereocenters. The molecule has 0 bridgehead atoms. The van der Waals surface area contributed by atoms with E-state index in [2.05, 4.69) is 76.9 Å². The van der Waals surface area contributed by atoms with Crippen LogP contribution in [0.4, 0.5) is 17.3 Å². The van der Waals surface area contributed by atoms with Crippen molar-refractivity contribution in [2.45, 2.75) is 27.2 Å². The summed E-state index contributed by atoms with van der Waals surface area (Å²) in [5.74, 6) is 2.40. The molecule has 25 heavy (non-hydrogen) atoms. The lowest BCUT2D eigenvalue weighted by Gasteiger charge is -2.11. The molecule has 0 fully saturated rings. The van der Waals surface area contributed by atoms with Gasteiger partial charge in [-0.2, -0.15) is 0 Å². The smallest absolute Gasteiger partial charge is 0.136 e. The standard InChI is InChI=1S/C21H24N4/c1-15-11-16(2)13-19(12-15)25-21-14-20(23-17(3)24-21)22-10-9-18-7-5-4-6-8-18/h4-8,11-14H,9-10H2,1-3H3,(H2,22,23,24,25). The highest BCUT2D eigenvalue weighted by atomic mass is 15.1. The number of hydrogen-bond donors (Lipinski definition) is 2. The van der Waals surface area contributed by atoms with Crippen molar-refractivity contribution >= 4 is 17.3 Å². The predicted molar refractivity (Wildman–Crippen MR) is 105 cm³/mol. The molecule has 4 heteroatoms. The van der Waals surface area contributed by atoms with Crippen LogP contribution < -0.4 is 10.6 Å². The summed E-state index contributed by atoms with van der Waals surface area (Å²) in [6.45, 7) is 6.94. The zero-order chi connectivity index (χ0) is 17.6. The number of aryl methyl sites for hydroxylation is 3. The minimum absolute atomic E-state index is 0.747. The molecule has 1 aromatic heterocycles. The van der Waals surface area contributed by atoms with Crippen LogP contribution in [-0.2, 0) is 6.42 Å². The van der Waals surface area contributed by atoms with Crippen LogP contribution in [-0.4, -0.2) is 16.5 Å². The Hall–Kier alpha value is -2.88. The second kappa shape index (κ2) is 7.79. The van der Waals surface area contributed by atoms with E-state index in [-0.39, 0.29) is 0 Å². The molecule has 0 amide bonds. The van der Waals surface area contributed by atoms with Crippen molar-refractivity contribution in [2.24, 2.45) is 0 Å². The maximum atomic E-state index is 4.49. The Bertz CT molecular complexity index is 824. The molecule has 0 aliphatic heterocycles. The van der Waals surface area contributed by atoms with Crippen molar-refractivity contribution < 1.29 is 0 Å². The van der Waals surface area contributed by atoms with E-state index >= 15 is 0 Å². The number of benzene rings is 2. The first-order valence-corrected chi connectivity index (χ1v) is 8.57. The number of aromatic nitrogens is 2. The highest BCUT2D eigenvalue weighted by Gasteiger charge is 2.04.